The van der Waals surface area contributed by atoms with Crippen molar-refractivity contribution in [3.8, 4) is 0 Å². The number of anilines is 1. The standard InChI is InChI=1S/C11H11FN2O3S/c12-10-2-1-9(13)5-11(10)18(15,16)14-6-8-3-4-17-7-8/h1-5,7,14H,6,13H2. The van der Waals surface area contributed by atoms with Crippen LogP contribution in [0.5, 0.6) is 0 Å². The third-order valence-corrected chi connectivity index (χ3v) is 3.71. The summed E-state index contributed by atoms with van der Waals surface area (Å²) >= 11 is 0. The monoisotopic (exact) mass is 270 g/mol. The Hall–Kier alpha value is -1.86. The molecule has 3 N–H and O–H groups in total. The lowest BCUT2D eigenvalue weighted by Crippen LogP contribution is -2.24. The lowest BCUT2D eigenvalue weighted by molar-refractivity contribution is 0.553. The number of hydrogen-bond donors (Lipinski definition) is 2. The van der Waals surface area contributed by atoms with Crippen LogP contribution in [-0.4, -0.2) is 8.42 Å². The molecule has 2 aromatic rings. The minimum absolute atomic E-state index is 0.0209. The molecule has 0 fully saturated rings. The van der Waals surface area contributed by atoms with Crippen LogP contribution in [0.1, 0.15) is 5.56 Å². The van der Waals surface area contributed by atoms with Crippen LogP contribution in [0.15, 0.2) is 46.1 Å². The highest BCUT2D eigenvalue weighted by molar-refractivity contribution is 7.89. The molecule has 1 heterocycles. The summed E-state index contributed by atoms with van der Waals surface area (Å²) in [4.78, 5) is -0.467. The van der Waals surface area contributed by atoms with Crippen LogP contribution in [0.2, 0.25) is 0 Å². The molecule has 1 aromatic heterocycles. The molecule has 0 aliphatic rings. The summed E-state index contributed by atoms with van der Waals surface area (Å²) in [5.41, 5.74) is 6.26. The third-order valence-electron chi connectivity index (χ3n) is 2.29. The van der Waals surface area contributed by atoms with Crippen molar-refractivity contribution >= 4 is 15.7 Å². The van der Waals surface area contributed by atoms with Gasteiger partial charge < -0.3 is 10.2 Å². The van der Waals surface area contributed by atoms with Crippen molar-refractivity contribution in [3.63, 3.8) is 0 Å². The van der Waals surface area contributed by atoms with E-state index in [1.807, 2.05) is 0 Å². The SMILES string of the molecule is Nc1ccc(F)c(S(=O)(=O)NCc2ccoc2)c1. The predicted octanol–water partition coefficient (Wildman–Crippen LogP) is 1.48. The summed E-state index contributed by atoms with van der Waals surface area (Å²) in [7, 11) is -3.94. The van der Waals surface area contributed by atoms with Crippen LogP contribution >= 0.6 is 0 Å². The zero-order valence-electron chi connectivity index (χ0n) is 9.26. The summed E-state index contributed by atoms with van der Waals surface area (Å²) in [5, 5.41) is 0. The fourth-order valence-electron chi connectivity index (χ4n) is 1.38. The number of furan rings is 1. The van der Waals surface area contributed by atoms with Gasteiger partial charge in [-0.25, -0.2) is 17.5 Å². The smallest absolute Gasteiger partial charge is 0.243 e. The van der Waals surface area contributed by atoms with Crippen molar-refractivity contribution in [3.05, 3.63) is 48.2 Å². The van der Waals surface area contributed by atoms with E-state index in [4.69, 9.17) is 10.2 Å². The van der Waals surface area contributed by atoms with Gasteiger partial charge in [0.15, 0.2) is 0 Å². The summed E-state index contributed by atoms with van der Waals surface area (Å²) in [5.74, 6) is -0.844. The maximum absolute atomic E-state index is 13.4. The third kappa shape index (κ3) is 2.69. The Labute approximate surface area is 103 Å². The van der Waals surface area contributed by atoms with Gasteiger partial charge in [0.2, 0.25) is 10.0 Å². The van der Waals surface area contributed by atoms with Gasteiger partial charge in [-0.15, -0.1) is 0 Å². The zero-order chi connectivity index (χ0) is 13.2. The van der Waals surface area contributed by atoms with E-state index < -0.39 is 20.7 Å². The molecule has 0 aliphatic carbocycles. The number of halogens is 1. The molecule has 7 heteroatoms. The fraction of sp³-hybridized carbons (Fsp3) is 0.0909. The van der Waals surface area contributed by atoms with Crippen LogP contribution in [0, 0.1) is 5.82 Å². The number of benzene rings is 1. The van der Waals surface area contributed by atoms with E-state index in [0.29, 0.717) is 5.56 Å². The Morgan fingerprint density at radius 1 is 1.33 bits per heavy atom. The molecule has 0 saturated carbocycles. The van der Waals surface area contributed by atoms with Gasteiger partial charge in [0.1, 0.15) is 10.7 Å². The molecule has 0 unspecified atom stereocenters. The second kappa shape index (κ2) is 4.79. The molecule has 0 amide bonds. The Balaban J connectivity index is 2.22. The average molecular weight is 270 g/mol. The number of nitrogen functional groups attached to an aromatic ring is 1. The summed E-state index contributed by atoms with van der Waals surface area (Å²) in [6, 6.07) is 5.00. The van der Waals surface area contributed by atoms with Gasteiger partial charge in [-0.1, -0.05) is 0 Å². The zero-order valence-corrected chi connectivity index (χ0v) is 10.1. The first-order valence-electron chi connectivity index (χ1n) is 5.05. The van der Waals surface area contributed by atoms with Crippen molar-refractivity contribution in [1.82, 2.24) is 4.72 Å². The number of nitrogens with one attached hydrogen (secondary N) is 1. The van der Waals surface area contributed by atoms with Gasteiger partial charge >= 0.3 is 0 Å². The molecule has 18 heavy (non-hydrogen) atoms. The molecule has 0 atom stereocenters. The normalized spacial score (nSPS) is 11.6. The van der Waals surface area contributed by atoms with E-state index in [2.05, 4.69) is 4.72 Å². The van der Waals surface area contributed by atoms with Crippen molar-refractivity contribution < 1.29 is 17.2 Å². The molecule has 96 valence electrons. The summed E-state index contributed by atoms with van der Waals surface area (Å²) in [6.07, 6.45) is 2.82. The number of rotatable bonds is 4. The number of nitrogens with two attached hydrogens (primary N) is 1. The highest BCUT2D eigenvalue weighted by Crippen LogP contribution is 2.17. The quantitative estimate of drug-likeness (QED) is 0.824. The first-order chi connectivity index (χ1) is 8.49. The number of sulfonamides is 1. The fourth-order valence-corrected chi connectivity index (χ4v) is 2.50. The molecular formula is C11H11FN2O3S. The van der Waals surface area contributed by atoms with E-state index in [1.165, 1.54) is 18.6 Å². The van der Waals surface area contributed by atoms with Gasteiger partial charge in [0.05, 0.1) is 12.5 Å². The Morgan fingerprint density at radius 2 is 2.11 bits per heavy atom. The van der Waals surface area contributed by atoms with Gasteiger partial charge in [0.25, 0.3) is 0 Å². The first kappa shape index (κ1) is 12.6. The van der Waals surface area contributed by atoms with Crippen LogP contribution in [-0.2, 0) is 16.6 Å². The largest absolute Gasteiger partial charge is 0.472 e. The lowest BCUT2D eigenvalue weighted by Gasteiger charge is -2.07. The lowest BCUT2D eigenvalue weighted by atomic mass is 10.3. The van der Waals surface area contributed by atoms with Crippen LogP contribution < -0.4 is 10.5 Å². The van der Waals surface area contributed by atoms with Gasteiger partial charge in [-0.05, 0) is 24.3 Å². The molecular weight excluding hydrogens is 259 g/mol. The Bertz CT molecular complexity index is 638. The molecule has 0 bridgehead atoms. The Kier molecular flexibility index (Phi) is 3.35. The second-order valence-electron chi connectivity index (χ2n) is 3.65. The van der Waals surface area contributed by atoms with Crippen LogP contribution in [0.3, 0.4) is 0 Å². The minimum atomic E-state index is -3.94. The van der Waals surface area contributed by atoms with E-state index in [9.17, 15) is 12.8 Å². The topological polar surface area (TPSA) is 85.3 Å². The van der Waals surface area contributed by atoms with E-state index in [-0.39, 0.29) is 12.2 Å². The van der Waals surface area contributed by atoms with Crippen molar-refractivity contribution in [2.45, 2.75) is 11.4 Å². The van der Waals surface area contributed by atoms with Crippen LogP contribution in [0.4, 0.5) is 10.1 Å². The van der Waals surface area contributed by atoms with Gasteiger partial charge in [-0.3, -0.25) is 0 Å². The Morgan fingerprint density at radius 3 is 2.78 bits per heavy atom. The van der Waals surface area contributed by atoms with Crippen molar-refractivity contribution in [2.75, 3.05) is 5.73 Å². The molecule has 1 aromatic carbocycles. The molecule has 5 nitrogen and oxygen atoms in total. The molecule has 0 saturated heterocycles. The van der Waals surface area contributed by atoms with E-state index >= 15 is 0 Å². The second-order valence-corrected chi connectivity index (χ2v) is 5.38. The highest BCUT2D eigenvalue weighted by Gasteiger charge is 2.19. The summed E-state index contributed by atoms with van der Waals surface area (Å²) in [6.45, 7) is 0.0209. The molecule has 0 aliphatic heterocycles. The van der Waals surface area contributed by atoms with Crippen molar-refractivity contribution in [1.29, 1.82) is 0 Å². The maximum Gasteiger partial charge on any atom is 0.243 e. The van der Waals surface area contributed by atoms with Crippen molar-refractivity contribution in [2.24, 2.45) is 0 Å². The molecule has 0 spiro atoms. The minimum Gasteiger partial charge on any atom is -0.472 e. The predicted molar refractivity (Wildman–Crippen MR) is 63.5 cm³/mol. The molecule has 0 radical (unpaired) electrons. The van der Waals surface area contributed by atoms with E-state index in [1.54, 1.807) is 6.07 Å². The van der Waals surface area contributed by atoms with Gasteiger partial charge in [0, 0.05) is 17.8 Å². The maximum atomic E-state index is 13.4. The van der Waals surface area contributed by atoms with E-state index in [0.717, 1.165) is 12.1 Å². The highest BCUT2D eigenvalue weighted by atomic mass is 32.2. The first-order valence-corrected chi connectivity index (χ1v) is 6.53. The summed E-state index contributed by atoms with van der Waals surface area (Å²) < 4.78 is 44.2. The van der Waals surface area contributed by atoms with Gasteiger partial charge in [-0.2, -0.15) is 0 Å². The average Bonchev–Trinajstić information content (AvgIpc) is 2.83. The number of hydrogen-bond acceptors (Lipinski definition) is 4. The van der Waals surface area contributed by atoms with Crippen LogP contribution in [0.25, 0.3) is 0 Å². The molecule has 2 rings (SSSR count).